The normalized spacial score (nSPS) is 17.1. The van der Waals surface area contributed by atoms with Gasteiger partial charge in [0.05, 0.1) is 24.3 Å². The maximum atomic E-state index is 10.1. The number of halogens is 1. The highest BCUT2D eigenvalue weighted by molar-refractivity contribution is 7.18. The molecule has 2 N–H and O–H groups in total. The summed E-state index contributed by atoms with van der Waals surface area (Å²) in [6.07, 6.45) is -0.458. The highest BCUT2D eigenvalue weighted by Gasteiger charge is 2.15. The van der Waals surface area contributed by atoms with E-state index in [-0.39, 0.29) is 0 Å². The Labute approximate surface area is 144 Å². The molecule has 1 aliphatic heterocycles. The molecule has 0 amide bonds. The summed E-state index contributed by atoms with van der Waals surface area (Å²) in [4.78, 5) is 2.20. The molecule has 1 aromatic heterocycles. The molecule has 2 heterocycles. The Morgan fingerprint density at radius 3 is 2.87 bits per heavy atom. The molecule has 23 heavy (non-hydrogen) atoms. The molecule has 0 aliphatic carbocycles. The Morgan fingerprint density at radius 1 is 1.30 bits per heavy atom. The van der Waals surface area contributed by atoms with E-state index in [4.69, 9.17) is 16.3 Å². The third kappa shape index (κ3) is 4.62. The zero-order chi connectivity index (χ0) is 16.1. The largest absolute Gasteiger partial charge is 0.390 e. The fourth-order valence-electron chi connectivity index (χ4n) is 2.39. The van der Waals surface area contributed by atoms with Gasteiger partial charge in [-0.3, -0.25) is 4.90 Å². The molecular weight excluding hydrogens is 336 g/mol. The Morgan fingerprint density at radius 2 is 2.09 bits per heavy atom. The number of β-amino-alcohol motifs (C(OH)–C–C–N with tert-alkyl or cyclic N) is 1. The van der Waals surface area contributed by atoms with Crippen LogP contribution >= 0.6 is 22.9 Å². The van der Waals surface area contributed by atoms with E-state index in [9.17, 15) is 5.11 Å². The van der Waals surface area contributed by atoms with E-state index in [0.717, 1.165) is 36.9 Å². The second kappa shape index (κ2) is 8.03. The average Bonchev–Trinajstić information content (AvgIpc) is 3.03. The lowest BCUT2D eigenvalue weighted by molar-refractivity contribution is 0.0171. The standard InChI is InChI=1S/C15H19ClN4O2S/c16-13-4-2-1-3-12(13)14-18-19-15(23-14)17-9-11(21)10-20-5-7-22-8-6-20/h1-4,11,21H,5-10H2,(H,17,19). The number of aromatic nitrogens is 2. The van der Waals surface area contributed by atoms with Crippen LogP contribution in [-0.4, -0.2) is 65.7 Å². The molecule has 1 saturated heterocycles. The molecule has 1 fully saturated rings. The molecule has 1 aromatic carbocycles. The molecule has 2 aromatic rings. The topological polar surface area (TPSA) is 70.5 Å². The Balaban J connectivity index is 1.52. The van der Waals surface area contributed by atoms with Crippen molar-refractivity contribution < 1.29 is 9.84 Å². The summed E-state index contributed by atoms with van der Waals surface area (Å²) in [5.74, 6) is 0. The van der Waals surface area contributed by atoms with Crippen molar-refractivity contribution in [3.63, 3.8) is 0 Å². The summed E-state index contributed by atoms with van der Waals surface area (Å²) in [5.41, 5.74) is 0.869. The zero-order valence-electron chi connectivity index (χ0n) is 12.6. The van der Waals surface area contributed by atoms with Gasteiger partial charge in [-0.25, -0.2) is 0 Å². The smallest absolute Gasteiger partial charge is 0.206 e. The average molecular weight is 355 g/mol. The number of aliphatic hydroxyl groups is 1. The molecular formula is C15H19ClN4O2S. The minimum atomic E-state index is -0.458. The molecule has 1 atom stereocenters. The van der Waals surface area contributed by atoms with Gasteiger partial charge in [-0.05, 0) is 6.07 Å². The van der Waals surface area contributed by atoms with Gasteiger partial charge >= 0.3 is 0 Å². The first-order chi connectivity index (χ1) is 11.2. The first-order valence-electron chi connectivity index (χ1n) is 7.53. The minimum Gasteiger partial charge on any atom is -0.390 e. The summed E-state index contributed by atoms with van der Waals surface area (Å²) in [7, 11) is 0. The molecule has 0 bridgehead atoms. The van der Waals surface area contributed by atoms with Crippen LogP contribution in [0.15, 0.2) is 24.3 Å². The third-order valence-electron chi connectivity index (χ3n) is 3.59. The molecule has 1 aliphatic rings. The van der Waals surface area contributed by atoms with Crippen LogP contribution in [-0.2, 0) is 4.74 Å². The monoisotopic (exact) mass is 354 g/mol. The predicted molar refractivity (Wildman–Crippen MR) is 92.1 cm³/mol. The summed E-state index contributed by atoms with van der Waals surface area (Å²) in [6, 6.07) is 7.55. The second-order valence-electron chi connectivity index (χ2n) is 5.34. The lowest BCUT2D eigenvalue weighted by Gasteiger charge is -2.28. The van der Waals surface area contributed by atoms with Crippen molar-refractivity contribution in [3.8, 4) is 10.6 Å². The van der Waals surface area contributed by atoms with Gasteiger partial charge < -0.3 is 15.2 Å². The van der Waals surface area contributed by atoms with Crippen LogP contribution in [0.3, 0.4) is 0 Å². The number of morpholine rings is 1. The number of aliphatic hydroxyl groups excluding tert-OH is 1. The molecule has 8 heteroatoms. The predicted octanol–water partition coefficient (Wildman–Crippen LogP) is 1.96. The van der Waals surface area contributed by atoms with Crippen molar-refractivity contribution in [1.29, 1.82) is 0 Å². The first-order valence-corrected chi connectivity index (χ1v) is 8.72. The van der Waals surface area contributed by atoms with Crippen LogP contribution in [0.5, 0.6) is 0 Å². The van der Waals surface area contributed by atoms with E-state index in [1.54, 1.807) is 0 Å². The summed E-state index contributed by atoms with van der Waals surface area (Å²) in [6.45, 7) is 4.27. The van der Waals surface area contributed by atoms with Crippen LogP contribution in [0.25, 0.3) is 10.6 Å². The molecule has 124 valence electrons. The van der Waals surface area contributed by atoms with Gasteiger partial charge in [0.25, 0.3) is 0 Å². The van der Waals surface area contributed by atoms with E-state index in [1.807, 2.05) is 24.3 Å². The van der Waals surface area contributed by atoms with E-state index in [1.165, 1.54) is 11.3 Å². The fourth-order valence-corrected chi connectivity index (χ4v) is 3.46. The van der Waals surface area contributed by atoms with Gasteiger partial charge in [-0.2, -0.15) is 0 Å². The van der Waals surface area contributed by atoms with Crippen LogP contribution in [0.2, 0.25) is 5.02 Å². The van der Waals surface area contributed by atoms with E-state index in [0.29, 0.717) is 23.2 Å². The quantitative estimate of drug-likeness (QED) is 0.826. The molecule has 0 saturated carbocycles. The zero-order valence-corrected chi connectivity index (χ0v) is 14.2. The first kappa shape index (κ1) is 16.6. The van der Waals surface area contributed by atoms with Crippen molar-refractivity contribution in [3.05, 3.63) is 29.3 Å². The Hall–Kier alpha value is -1.25. The summed E-state index contributed by atoms with van der Waals surface area (Å²) >= 11 is 7.59. The van der Waals surface area contributed by atoms with Crippen LogP contribution in [0, 0.1) is 0 Å². The number of ether oxygens (including phenoxy) is 1. The van der Waals surface area contributed by atoms with Crippen molar-refractivity contribution in [1.82, 2.24) is 15.1 Å². The maximum Gasteiger partial charge on any atom is 0.206 e. The minimum absolute atomic E-state index is 0.439. The van der Waals surface area contributed by atoms with Gasteiger partial charge in [0, 0.05) is 31.7 Å². The van der Waals surface area contributed by atoms with Crippen molar-refractivity contribution in [2.75, 3.05) is 44.7 Å². The summed E-state index contributed by atoms with van der Waals surface area (Å²) < 4.78 is 5.30. The number of benzene rings is 1. The molecule has 0 radical (unpaired) electrons. The number of hydrogen-bond acceptors (Lipinski definition) is 7. The van der Waals surface area contributed by atoms with E-state index < -0.39 is 6.10 Å². The molecule has 1 unspecified atom stereocenters. The fraction of sp³-hybridized carbons (Fsp3) is 0.467. The van der Waals surface area contributed by atoms with Gasteiger partial charge in [0.1, 0.15) is 0 Å². The van der Waals surface area contributed by atoms with E-state index in [2.05, 4.69) is 20.4 Å². The number of rotatable bonds is 6. The molecule has 3 rings (SSSR count). The Bertz CT molecular complexity index is 633. The highest BCUT2D eigenvalue weighted by Crippen LogP contribution is 2.31. The second-order valence-corrected chi connectivity index (χ2v) is 6.72. The maximum absolute atomic E-state index is 10.1. The SMILES string of the molecule is OC(CNc1nnc(-c2ccccc2Cl)s1)CN1CCOCC1. The highest BCUT2D eigenvalue weighted by atomic mass is 35.5. The lowest BCUT2D eigenvalue weighted by atomic mass is 10.2. The number of anilines is 1. The van der Waals surface area contributed by atoms with Crippen molar-refractivity contribution in [2.45, 2.75) is 6.10 Å². The van der Waals surface area contributed by atoms with Gasteiger partial charge in [0.2, 0.25) is 5.13 Å². The van der Waals surface area contributed by atoms with Gasteiger partial charge in [-0.1, -0.05) is 41.1 Å². The van der Waals surface area contributed by atoms with Crippen LogP contribution in [0.1, 0.15) is 0 Å². The van der Waals surface area contributed by atoms with E-state index >= 15 is 0 Å². The number of hydrogen-bond donors (Lipinski definition) is 2. The van der Waals surface area contributed by atoms with Crippen molar-refractivity contribution >= 4 is 28.1 Å². The van der Waals surface area contributed by atoms with Gasteiger partial charge in [0.15, 0.2) is 5.01 Å². The third-order valence-corrected chi connectivity index (χ3v) is 4.83. The number of nitrogens with one attached hydrogen (secondary N) is 1. The lowest BCUT2D eigenvalue weighted by Crippen LogP contribution is -2.42. The van der Waals surface area contributed by atoms with Crippen LogP contribution < -0.4 is 5.32 Å². The Kier molecular flexibility index (Phi) is 5.80. The molecule has 6 nitrogen and oxygen atoms in total. The number of nitrogens with zero attached hydrogens (tertiary/aromatic N) is 3. The van der Waals surface area contributed by atoms with Crippen molar-refractivity contribution in [2.24, 2.45) is 0 Å². The van der Waals surface area contributed by atoms with Gasteiger partial charge in [-0.15, -0.1) is 10.2 Å². The molecule has 0 spiro atoms. The summed E-state index contributed by atoms with van der Waals surface area (Å²) in [5, 5.41) is 23.6. The van der Waals surface area contributed by atoms with Crippen LogP contribution in [0.4, 0.5) is 5.13 Å².